The van der Waals surface area contributed by atoms with Gasteiger partial charge in [-0.25, -0.2) is 4.39 Å². The molecular formula is C18H18BrFN2O. The highest BCUT2D eigenvalue weighted by Crippen LogP contribution is 2.28. The van der Waals surface area contributed by atoms with E-state index in [1.807, 2.05) is 35.2 Å². The molecule has 1 aliphatic carbocycles. The third-order valence-electron chi connectivity index (χ3n) is 3.87. The molecule has 0 heterocycles. The Labute approximate surface area is 143 Å². The lowest BCUT2D eigenvalue weighted by molar-refractivity contribution is -0.117. The maximum Gasteiger partial charge on any atom is 0.238 e. The smallest absolute Gasteiger partial charge is 0.238 e. The van der Waals surface area contributed by atoms with Crippen LogP contribution in [0.5, 0.6) is 0 Å². The van der Waals surface area contributed by atoms with Crippen LogP contribution in [0, 0.1) is 5.82 Å². The van der Waals surface area contributed by atoms with Crippen LogP contribution in [0.1, 0.15) is 18.4 Å². The molecule has 1 fully saturated rings. The van der Waals surface area contributed by atoms with Gasteiger partial charge in [-0.3, -0.25) is 9.69 Å². The molecule has 0 radical (unpaired) electrons. The SMILES string of the molecule is O=C(CN(Cc1ccccc1F)C1CC1)Nc1ccc(Br)cc1. The second kappa shape index (κ2) is 7.23. The van der Waals surface area contributed by atoms with Gasteiger partial charge in [0.2, 0.25) is 5.91 Å². The van der Waals surface area contributed by atoms with Crippen molar-refractivity contribution < 1.29 is 9.18 Å². The summed E-state index contributed by atoms with van der Waals surface area (Å²) in [5.74, 6) is -0.290. The van der Waals surface area contributed by atoms with Crippen molar-refractivity contribution in [3.63, 3.8) is 0 Å². The van der Waals surface area contributed by atoms with Crippen molar-refractivity contribution in [1.29, 1.82) is 0 Å². The lowest BCUT2D eigenvalue weighted by Gasteiger charge is -2.21. The molecule has 1 saturated carbocycles. The summed E-state index contributed by atoms with van der Waals surface area (Å²) < 4.78 is 14.8. The molecule has 1 aliphatic rings. The molecule has 1 amide bonds. The first-order valence-electron chi connectivity index (χ1n) is 7.65. The molecule has 0 spiro atoms. The molecule has 3 rings (SSSR count). The standard InChI is InChI=1S/C18H18BrFN2O/c19-14-5-7-15(8-6-14)21-18(23)12-22(16-9-10-16)11-13-3-1-2-4-17(13)20/h1-8,16H,9-12H2,(H,21,23). The summed E-state index contributed by atoms with van der Waals surface area (Å²) in [5.41, 5.74) is 1.40. The Morgan fingerprint density at radius 2 is 1.87 bits per heavy atom. The normalized spacial score (nSPS) is 14.0. The average Bonchev–Trinajstić information content (AvgIpc) is 3.36. The lowest BCUT2D eigenvalue weighted by Crippen LogP contribution is -2.34. The van der Waals surface area contributed by atoms with Crippen molar-refractivity contribution in [1.82, 2.24) is 4.90 Å². The molecule has 23 heavy (non-hydrogen) atoms. The Morgan fingerprint density at radius 1 is 1.17 bits per heavy atom. The van der Waals surface area contributed by atoms with E-state index >= 15 is 0 Å². The van der Waals surface area contributed by atoms with Gasteiger partial charge in [0.05, 0.1) is 6.54 Å². The van der Waals surface area contributed by atoms with Gasteiger partial charge in [0.1, 0.15) is 5.82 Å². The van der Waals surface area contributed by atoms with Gasteiger partial charge in [0.25, 0.3) is 0 Å². The van der Waals surface area contributed by atoms with Gasteiger partial charge in [0.15, 0.2) is 0 Å². The van der Waals surface area contributed by atoms with Crippen LogP contribution in [0.3, 0.4) is 0 Å². The first-order chi connectivity index (χ1) is 11.1. The molecule has 3 nitrogen and oxygen atoms in total. The van der Waals surface area contributed by atoms with E-state index in [9.17, 15) is 9.18 Å². The van der Waals surface area contributed by atoms with Gasteiger partial charge in [-0.1, -0.05) is 34.1 Å². The minimum Gasteiger partial charge on any atom is -0.325 e. The van der Waals surface area contributed by atoms with Gasteiger partial charge in [-0.15, -0.1) is 0 Å². The number of anilines is 1. The van der Waals surface area contributed by atoms with E-state index in [1.165, 1.54) is 6.07 Å². The number of carbonyl (C=O) groups excluding carboxylic acids is 1. The van der Waals surface area contributed by atoms with Crippen LogP contribution in [-0.2, 0) is 11.3 Å². The Kier molecular flexibility index (Phi) is 5.08. The molecule has 5 heteroatoms. The Balaban J connectivity index is 1.62. The third kappa shape index (κ3) is 4.62. The Morgan fingerprint density at radius 3 is 2.52 bits per heavy atom. The van der Waals surface area contributed by atoms with Crippen LogP contribution < -0.4 is 5.32 Å². The van der Waals surface area contributed by atoms with E-state index in [0.29, 0.717) is 18.2 Å². The maximum atomic E-state index is 13.8. The number of amides is 1. The van der Waals surface area contributed by atoms with E-state index in [4.69, 9.17) is 0 Å². The predicted molar refractivity (Wildman–Crippen MR) is 92.6 cm³/mol. The number of benzene rings is 2. The van der Waals surface area contributed by atoms with Crippen LogP contribution in [0.4, 0.5) is 10.1 Å². The molecule has 0 saturated heterocycles. The number of nitrogens with zero attached hydrogens (tertiary/aromatic N) is 1. The molecule has 0 unspecified atom stereocenters. The molecule has 1 N–H and O–H groups in total. The number of hydrogen-bond donors (Lipinski definition) is 1. The summed E-state index contributed by atoms with van der Waals surface area (Å²) in [6.45, 7) is 0.736. The van der Waals surface area contributed by atoms with Gasteiger partial charge in [0, 0.05) is 28.3 Å². The van der Waals surface area contributed by atoms with E-state index in [2.05, 4.69) is 21.2 Å². The van der Waals surface area contributed by atoms with Gasteiger partial charge in [-0.05, 0) is 43.2 Å². The van der Waals surface area contributed by atoms with E-state index in [0.717, 1.165) is 23.0 Å². The minimum atomic E-state index is -0.216. The van der Waals surface area contributed by atoms with Crippen molar-refractivity contribution in [2.75, 3.05) is 11.9 Å². The van der Waals surface area contributed by atoms with E-state index < -0.39 is 0 Å². The quantitative estimate of drug-likeness (QED) is 0.819. The summed E-state index contributed by atoms with van der Waals surface area (Å²) in [7, 11) is 0. The van der Waals surface area contributed by atoms with Crippen molar-refractivity contribution in [2.24, 2.45) is 0 Å². The lowest BCUT2D eigenvalue weighted by atomic mass is 10.2. The second-order valence-corrected chi connectivity index (χ2v) is 6.70. The van der Waals surface area contributed by atoms with E-state index in [-0.39, 0.29) is 18.3 Å². The molecule has 2 aromatic carbocycles. The zero-order valence-corrected chi connectivity index (χ0v) is 14.2. The second-order valence-electron chi connectivity index (χ2n) is 5.78. The van der Waals surface area contributed by atoms with Gasteiger partial charge < -0.3 is 5.32 Å². The highest BCUT2D eigenvalue weighted by atomic mass is 79.9. The fourth-order valence-electron chi connectivity index (χ4n) is 2.52. The molecule has 0 aliphatic heterocycles. The Bertz CT molecular complexity index is 686. The van der Waals surface area contributed by atoms with E-state index in [1.54, 1.807) is 12.1 Å². The summed E-state index contributed by atoms with van der Waals surface area (Å²) >= 11 is 3.37. The number of hydrogen-bond acceptors (Lipinski definition) is 2. The zero-order valence-electron chi connectivity index (χ0n) is 12.6. The topological polar surface area (TPSA) is 32.3 Å². The number of carbonyl (C=O) groups is 1. The van der Waals surface area contributed by atoms with Gasteiger partial charge in [-0.2, -0.15) is 0 Å². The van der Waals surface area contributed by atoms with Crippen molar-refractivity contribution in [3.8, 4) is 0 Å². The highest BCUT2D eigenvalue weighted by Gasteiger charge is 2.30. The number of rotatable bonds is 6. The summed E-state index contributed by atoms with van der Waals surface area (Å²) in [5, 5.41) is 2.89. The van der Waals surface area contributed by atoms with Crippen LogP contribution >= 0.6 is 15.9 Å². The summed E-state index contributed by atoms with van der Waals surface area (Å²) in [6.07, 6.45) is 2.14. The molecule has 2 aromatic rings. The van der Waals surface area contributed by atoms with Crippen molar-refractivity contribution in [3.05, 3.63) is 64.4 Å². The molecule has 0 atom stereocenters. The maximum absolute atomic E-state index is 13.8. The molecular weight excluding hydrogens is 359 g/mol. The summed E-state index contributed by atoms with van der Waals surface area (Å²) in [4.78, 5) is 14.3. The minimum absolute atomic E-state index is 0.0736. The average molecular weight is 377 g/mol. The number of nitrogens with one attached hydrogen (secondary N) is 1. The monoisotopic (exact) mass is 376 g/mol. The first kappa shape index (κ1) is 16.1. The number of halogens is 2. The highest BCUT2D eigenvalue weighted by molar-refractivity contribution is 9.10. The third-order valence-corrected chi connectivity index (χ3v) is 4.40. The first-order valence-corrected chi connectivity index (χ1v) is 8.44. The van der Waals surface area contributed by atoms with Gasteiger partial charge >= 0.3 is 0 Å². The van der Waals surface area contributed by atoms with Crippen LogP contribution in [0.15, 0.2) is 53.0 Å². The molecule has 0 bridgehead atoms. The van der Waals surface area contributed by atoms with Crippen LogP contribution in [0.2, 0.25) is 0 Å². The predicted octanol–water partition coefficient (Wildman–Crippen LogP) is 4.19. The van der Waals surface area contributed by atoms with Crippen LogP contribution in [-0.4, -0.2) is 23.4 Å². The Hall–Kier alpha value is -1.72. The zero-order chi connectivity index (χ0) is 16.2. The molecule has 0 aromatic heterocycles. The van der Waals surface area contributed by atoms with Crippen molar-refractivity contribution >= 4 is 27.5 Å². The fraction of sp³-hybridized carbons (Fsp3) is 0.278. The largest absolute Gasteiger partial charge is 0.325 e. The van der Waals surface area contributed by atoms with Crippen molar-refractivity contribution in [2.45, 2.75) is 25.4 Å². The van der Waals surface area contributed by atoms with Crippen LogP contribution in [0.25, 0.3) is 0 Å². The fourth-order valence-corrected chi connectivity index (χ4v) is 2.78. The molecule has 120 valence electrons. The summed E-state index contributed by atoms with van der Waals surface area (Å²) in [6, 6.07) is 14.6.